The lowest BCUT2D eigenvalue weighted by atomic mass is 10.0. The van der Waals surface area contributed by atoms with E-state index >= 15 is 0 Å². The topological polar surface area (TPSA) is 12.0 Å². The summed E-state index contributed by atoms with van der Waals surface area (Å²) in [5.74, 6) is 0.567. The highest BCUT2D eigenvalue weighted by Crippen LogP contribution is 2.12. The van der Waals surface area contributed by atoms with Gasteiger partial charge in [0.25, 0.3) is 0 Å². The molecule has 0 amide bonds. The smallest absolute Gasteiger partial charge is 0.0464 e. The van der Waals surface area contributed by atoms with Crippen LogP contribution in [0.25, 0.3) is 0 Å². The number of nitrogens with one attached hydrogen (secondary N) is 1. The van der Waals surface area contributed by atoms with Gasteiger partial charge in [0.15, 0.2) is 0 Å². The highest BCUT2D eigenvalue weighted by molar-refractivity contribution is 5.44. The van der Waals surface area contributed by atoms with Crippen molar-refractivity contribution in [1.29, 1.82) is 0 Å². The van der Waals surface area contributed by atoms with Crippen LogP contribution in [0.1, 0.15) is 13.8 Å². The van der Waals surface area contributed by atoms with Crippen LogP contribution in [0.4, 0.5) is 5.69 Å². The Hall–Kier alpha value is -1.24. The molecule has 70 valence electrons. The summed E-state index contributed by atoms with van der Waals surface area (Å²) in [4.78, 5) is 0. The summed E-state index contributed by atoms with van der Waals surface area (Å²) in [6.45, 7) is 8.18. The predicted octanol–water partition coefficient (Wildman–Crippen LogP) is 3.31. The summed E-state index contributed by atoms with van der Waals surface area (Å²) in [5, 5.41) is 3.41. The fourth-order valence-electron chi connectivity index (χ4n) is 1.22. The van der Waals surface area contributed by atoms with Crippen LogP contribution in [0.15, 0.2) is 43.0 Å². The zero-order chi connectivity index (χ0) is 9.68. The molecule has 1 atom stereocenters. The normalized spacial score (nSPS) is 12.5. The molecule has 1 nitrogen and oxygen atoms in total. The molecular formula is C12H17N. The maximum atomic E-state index is 3.82. The summed E-state index contributed by atoms with van der Waals surface area (Å²) in [7, 11) is 0. The Morgan fingerprint density at radius 3 is 2.31 bits per heavy atom. The lowest BCUT2D eigenvalue weighted by Crippen LogP contribution is -2.22. The van der Waals surface area contributed by atoms with Gasteiger partial charge >= 0.3 is 0 Å². The van der Waals surface area contributed by atoms with Crippen LogP contribution >= 0.6 is 0 Å². The Morgan fingerprint density at radius 2 is 1.85 bits per heavy atom. The first-order valence-corrected chi connectivity index (χ1v) is 4.68. The molecule has 1 aromatic carbocycles. The first-order chi connectivity index (χ1) is 6.24. The third-order valence-electron chi connectivity index (χ3n) is 2.08. The first kappa shape index (κ1) is 9.85. The zero-order valence-electron chi connectivity index (χ0n) is 8.33. The molecule has 0 saturated carbocycles. The van der Waals surface area contributed by atoms with Gasteiger partial charge in [-0.1, -0.05) is 38.1 Å². The van der Waals surface area contributed by atoms with E-state index in [0.717, 1.165) is 5.69 Å². The zero-order valence-corrected chi connectivity index (χ0v) is 8.33. The fraction of sp³-hybridized carbons (Fsp3) is 0.333. The number of para-hydroxylation sites is 1. The van der Waals surface area contributed by atoms with Gasteiger partial charge in [0.05, 0.1) is 0 Å². The number of hydrogen-bond donors (Lipinski definition) is 1. The van der Waals surface area contributed by atoms with Crippen LogP contribution in [0.3, 0.4) is 0 Å². The van der Waals surface area contributed by atoms with Gasteiger partial charge in [-0.2, -0.15) is 0 Å². The van der Waals surface area contributed by atoms with Crippen molar-refractivity contribution in [3.05, 3.63) is 43.0 Å². The summed E-state index contributed by atoms with van der Waals surface area (Å²) in [5.41, 5.74) is 1.15. The van der Waals surface area contributed by atoms with E-state index in [1.54, 1.807) is 0 Å². The predicted molar refractivity (Wildman–Crippen MR) is 58.9 cm³/mol. The molecule has 1 aromatic rings. The fourth-order valence-corrected chi connectivity index (χ4v) is 1.22. The molecule has 0 fully saturated rings. The third kappa shape index (κ3) is 2.94. The van der Waals surface area contributed by atoms with Crippen LogP contribution in [0.2, 0.25) is 0 Å². The summed E-state index contributed by atoms with van der Waals surface area (Å²) in [6.07, 6.45) is 1.96. The molecule has 0 aromatic heterocycles. The molecular weight excluding hydrogens is 158 g/mol. The Bertz CT molecular complexity index is 251. The molecule has 0 aliphatic heterocycles. The highest BCUT2D eigenvalue weighted by Gasteiger charge is 2.07. The molecule has 0 bridgehead atoms. The van der Waals surface area contributed by atoms with Crippen molar-refractivity contribution >= 4 is 5.69 Å². The van der Waals surface area contributed by atoms with E-state index in [1.165, 1.54) is 0 Å². The highest BCUT2D eigenvalue weighted by atomic mass is 14.9. The van der Waals surface area contributed by atoms with Gasteiger partial charge in [-0.25, -0.2) is 0 Å². The van der Waals surface area contributed by atoms with E-state index < -0.39 is 0 Å². The lowest BCUT2D eigenvalue weighted by Gasteiger charge is -2.19. The van der Waals surface area contributed by atoms with Gasteiger partial charge in [-0.3, -0.25) is 0 Å². The maximum absolute atomic E-state index is 3.82. The molecule has 0 heterocycles. The second-order valence-corrected chi connectivity index (χ2v) is 3.52. The molecule has 0 unspecified atom stereocenters. The van der Waals surface area contributed by atoms with Gasteiger partial charge < -0.3 is 5.32 Å². The van der Waals surface area contributed by atoms with Crippen molar-refractivity contribution < 1.29 is 0 Å². The van der Waals surface area contributed by atoms with E-state index in [4.69, 9.17) is 0 Å². The van der Waals surface area contributed by atoms with Crippen LogP contribution < -0.4 is 5.32 Å². The van der Waals surface area contributed by atoms with Crippen molar-refractivity contribution in [2.45, 2.75) is 19.9 Å². The Labute approximate surface area is 80.5 Å². The SMILES string of the molecule is C=C[C@@H](Nc1ccccc1)C(C)C. The van der Waals surface area contributed by atoms with Crippen molar-refractivity contribution in [3.8, 4) is 0 Å². The maximum Gasteiger partial charge on any atom is 0.0464 e. The average Bonchev–Trinajstić information content (AvgIpc) is 2.15. The van der Waals surface area contributed by atoms with Gasteiger partial charge in [0, 0.05) is 11.7 Å². The molecule has 0 aliphatic rings. The minimum absolute atomic E-state index is 0.349. The van der Waals surface area contributed by atoms with Crippen LogP contribution in [-0.4, -0.2) is 6.04 Å². The standard InChI is InChI=1S/C12H17N/c1-4-12(10(2)3)13-11-8-6-5-7-9-11/h4-10,12-13H,1H2,2-3H3/t12-/m1/s1. The number of hydrogen-bond acceptors (Lipinski definition) is 1. The third-order valence-corrected chi connectivity index (χ3v) is 2.08. The van der Waals surface area contributed by atoms with Crippen molar-refractivity contribution in [3.63, 3.8) is 0 Å². The summed E-state index contributed by atoms with van der Waals surface area (Å²) >= 11 is 0. The Kier molecular flexibility index (Phi) is 3.56. The molecule has 0 aliphatic carbocycles. The molecule has 1 heteroatoms. The summed E-state index contributed by atoms with van der Waals surface area (Å²) in [6, 6.07) is 10.6. The second-order valence-electron chi connectivity index (χ2n) is 3.52. The molecule has 0 saturated heterocycles. The van der Waals surface area contributed by atoms with Gasteiger partial charge in [0.2, 0.25) is 0 Å². The summed E-state index contributed by atoms with van der Waals surface area (Å²) < 4.78 is 0. The largest absolute Gasteiger partial charge is 0.379 e. The molecule has 1 N–H and O–H groups in total. The van der Waals surface area contributed by atoms with Crippen LogP contribution in [-0.2, 0) is 0 Å². The molecule has 1 rings (SSSR count). The van der Waals surface area contributed by atoms with Crippen molar-refractivity contribution in [1.82, 2.24) is 0 Å². The van der Waals surface area contributed by atoms with E-state index in [2.05, 4.69) is 37.9 Å². The first-order valence-electron chi connectivity index (χ1n) is 4.68. The number of benzene rings is 1. The van der Waals surface area contributed by atoms with E-state index in [-0.39, 0.29) is 0 Å². The van der Waals surface area contributed by atoms with Crippen molar-refractivity contribution in [2.24, 2.45) is 5.92 Å². The van der Waals surface area contributed by atoms with Gasteiger partial charge in [-0.05, 0) is 18.1 Å². The van der Waals surface area contributed by atoms with E-state index in [0.29, 0.717) is 12.0 Å². The molecule has 0 radical (unpaired) electrons. The van der Waals surface area contributed by atoms with Crippen LogP contribution in [0.5, 0.6) is 0 Å². The minimum atomic E-state index is 0.349. The molecule has 13 heavy (non-hydrogen) atoms. The average molecular weight is 175 g/mol. The lowest BCUT2D eigenvalue weighted by molar-refractivity contribution is 0.601. The molecule has 0 spiro atoms. The number of rotatable bonds is 4. The number of anilines is 1. The second kappa shape index (κ2) is 4.70. The van der Waals surface area contributed by atoms with Crippen molar-refractivity contribution in [2.75, 3.05) is 5.32 Å². The van der Waals surface area contributed by atoms with E-state index in [1.807, 2.05) is 24.3 Å². The van der Waals surface area contributed by atoms with Crippen LogP contribution in [0, 0.1) is 5.92 Å². The van der Waals surface area contributed by atoms with Gasteiger partial charge in [0.1, 0.15) is 0 Å². The van der Waals surface area contributed by atoms with E-state index in [9.17, 15) is 0 Å². The quantitative estimate of drug-likeness (QED) is 0.692. The Balaban J connectivity index is 2.62. The monoisotopic (exact) mass is 175 g/mol. The minimum Gasteiger partial charge on any atom is -0.379 e. The van der Waals surface area contributed by atoms with Gasteiger partial charge in [-0.15, -0.1) is 6.58 Å². The Morgan fingerprint density at radius 1 is 1.23 bits per heavy atom.